The Labute approximate surface area is 99.3 Å². The Kier molecular flexibility index (Phi) is 2.05. The van der Waals surface area contributed by atoms with Crippen molar-refractivity contribution in [2.75, 3.05) is 0 Å². The molecule has 2 nitrogen and oxygen atoms in total. The van der Waals surface area contributed by atoms with Crippen LogP contribution in [0.3, 0.4) is 0 Å². The van der Waals surface area contributed by atoms with E-state index in [9.17, 15) is 4.79 Å². The van der Waals surface area contributed by atoms with E-state index in [0.29, 0.717) is 0 Å². The second-order valence-corrected chi connectivity index (χ2v) is 4.53. The number of carbonyl (C=O) groups is 1. The number of rotatable bonds is 1. The predicted octanol–water partition coefficient (Wildman–Crippen LogP) is 3.75. The van der Waals surface area contributed by atoms with E-state index in [1.807, 2.05) is 18.2 Å². The Bertz CT molecular complexity index is 737. The monoisotopic (exact) mass is 223 g/mol. The van der Waals surface area contributed by atoms with E-state index >= 15 is 0 Å². The molecule has 84 valence electrons. The number of benzene rings is 2. The molecule has 0 radical (unpaired) electrons. The minimum absolute atomic E-state index is 0.719. The Hall–Kier alpha value is -2.09. The van der Waals surface area contributed by atoms with Crippen LogP contribution in [-0.4, -0.2) is 11.3 Å². The standard InChI is InChI=1S/C15H13NO/c1-9-5-12-13-7-11(8-17)3-4-14(13)16-15(12)6-10(9)2/h3-8,16H,1-2H3. The minimum atomic E-state index is 0.719. The van der Waals surface area contributed by atoms with Crippen LogP contribution in [0, 0.1) is 13.8 Å². The summed E-state index contributed by atoms with van der Waals surface area (Å²) < 4.78 is 0. The lowest BCUT2D eigenvalue weighted by molar-refractivity contribution is 0.112. The van der Waals surface area contributed by atoms with Gasteiger partial charge in [0.25, 0.3) is 0 Å². The highest BCUT2D eigenvalue weighted by Gasteiger charge is 2.06. The van der Waals surface area contributed by atoms with Crippen molar-refractivity contribution in [3.05, 3.63) is 47.0 Å². The van der Waals surface area contributed by atoms with Crippen LogP contribution in [-0.2, 0) is 0 Å². The van der Waals surface area contributed by atoms with Crippen LogP contribution in [0.25, 0.3) is 21.8 Å². The molecule has 0 amide bonds. The quantitative estimate of drug-likeness (QED) is 0.626. The van der Waals surface area contributed by atoms with E-state index in [2.05, 4.69) is 31.0 Å². The predicted molar refractivity (Wildman–Crippen MR) is 70.7 cm³/mol. The molecule has 1 N–H and O–H groups in total. The molecule has 3 aromatic rings. The molecule has 0 saturated carbocycles. The highest BCUT2D eigenvalue weighted by atomic mass is 16.1. The van der Waals surface area contributed by atoms with Crippen LogP contribution >= 0.6 is 0 Å². The van der Waals surface area contributed by atoms with Crippen molar-refractivity contribution in [2.24, 2.45) is 0 Å². The summed E-state index contributed by atoms with van der Waals surface area (Å²) in [6, 6.07) is 10.1. The topological polar surface area (TPSA) is 32.9 Å². The Balaban J connectivity index is 2.48. The molecule has 0 aliphatic rings. The average molecular weight is 223 g/mol. The molecule has 2 heteroatoms. The number of H-pyrrole nitrogens is 1. The lowest BCUT2D eigenvalue weighted by atomic mass is 10.0. The van der Waals surface area contributed by atoms with Crippen molar-refractivity contribution < 1.29 is 4.79 Å². The zero-order valence-corrected chi connectivity index (χ0v) is 9.87. The van der Waals surface area contributed by atoms with E-state index in [1.54, 1.807) is 0 Å². The van der Waals surface area contributed by atoms with Crippen molar-refractivity contribution in [3.63, 3.8) is 0 Å². The zero-order valence-electron chi connectivity index (χ0n) is 9.87. The number of aromatic nitrogens is 1. The minimum Gasteiger partial charge on any atom is -0.355 e. The highest BCUT2D eigenvalue weighted by molar-refractivity contribution is 6.08. The van der Waals surface area contributed by atoms with Gasteiger partial charge >= 0.3 is 0 Å². The van der Waals surface area contributed by atoms with Gasteiger partial charge in [-0.3, -0.25) is 4.79 Å². The normalized spacial score (nSPS) is 11.2. The molecule has 2 aromatic carbocycles. The molecule has 17 heavy (non-hydrogen) atoms. The van der Waals surface area contributed by atoms with Gasteiger partial charge in [-0.25, -0.2) is 0 Å². The van der Waals surface area contributed by atoms with Crippen molar-refractivity contribution in [2.45, 2.75) is 13.8 Å². The molecule has 0 fully saturated rings. The Morgan fingerprint density at radius 1 is 0.941 bits per heavy atom. The van der Waals surface area contributed by atoms with E-state index in [1.165, 1.54) is 16.5 Å². The number of fused-ring (bicyclic) bond motifs is 3. The van der Waals surface area contributed by atoms with Crippen molar-refractivity contribution in [1.29, 1.82) is 0 Å². The third-order valence-corrected chi connectivity index (χ3v) is 3.37. The van der Waals surface area contributed by atoms with E-state index < -0.39 is 0 Å². The van der Waals surface area contributed by atoms with E-state index in [-0.39, 0.29) is 0 Å². The fraction of sp³-hybridized carbons (Fsp3) is 0.133. The van der Waals surface area contributed by atoms with Gasteiger partial charge in [-0.15, -0.1) is 0 Å². The van der Waals surface area contributed by atoms with E-state index in [4.69, 9.17) is 0 Å². The summed E-state index contributed by atoms with van der Waals surface area (Å²) >= 11 is 0. The Morgan fingerprint density at radius 3 is 2.41 bits per heavy atom. The molecule has 0 aliphatic carbocycles. The molecule has 0 aliphatic heterocycles. The molecular weight excluding hydrogens is 210 g/mol. The van der Waals surface area contributed by atoms with Gasteiger partial charge in [0.1, 0.15) is 6.29 Å². The SMILES string of the molecule is Cc1cc2[nH]c3ccc(C=O)cc3c2cc1C. The summed E-state index contributed by atoms with van der Waals surface area (Å²) in [5.41, 5.74) is 5.48. The first-order valence-corrected chi connectivity index (χ1v) is 5.67. The summed E-state index contributed by atoms with van der Waals surface area (Å²) in [5.74, 6) is 0. The molecule has 0 spiro atoms. The lowest BCUT2D eigenvalue weighted by Gasteiger charge is -1.99. The third kappa shape index (κ3) is 1.45. The lowest BCUT2D eigenvalue weighted by Crippen LogP contribution is -1.80. The summed E-state index contributed by atoms with van der Waals surface area (Å²) in [6.45, 7) is 4.22. The van der Waals surface area contributed by atoms with Gasteiger partial charge in [-0.05, 0) is 55.3 Å². The number of carbonyl (C=O) groups excluding carboxylic acids is 1. The molecular formula is C15H13NO. The largest absolute Gasteiger partial charge is 0.355 e. The van der Waals surface area contributed by atoms with Gasteiger partial charge in [0.15, 0.2) is 0 Å². The molecule has 0 bridgehead atoms. The second kappa shape index (κ2) is 3.45. The summed E-state index contributed by atoms with van der Waals surface area (Å²) in [6.07, 6.45) is 0.888. The number of aryl methyl sites for hydroxylation is 2. The average Bonchev–Trinajstić information content (AvgIpc) is 2.67. The number of hydrogen-bond donors (Lipinski definition) is 1. The Morgan fingerprint density at radius 2 is 1.65 bits per heavy atom. The first-order chi connectivity index (χ1) is 8.19. The first kappa shape index (κ1) is 10.1. The van der Waals surface area contributed by atoms with Gasteiger partial charge in [-0.1, -0.05) is 0 Å². The van der Waals surface area contributed by atoms with Crippen molar-refractivity contribution in [1.82, 2.24) is 4.98 Å². The molecule has 0 saturated heterocycles. The third-order valence-electron chi connectivity index (χ3n) is 3.37. The maximum absolute atomic E-state index is 10.8. The molecule has 3 rings (SSSR count). The number of aldehydes is 1. The fourth-order valence-corrected chi connectivity index (χ4v) is 2.25. The highest BCUT2D eigenvalue weighted by Crippen LogP contribution is 2.28. The van der Waals surface area contributed by atoms with Gasteiger partial charge in [0.05, 0.1) is 0 Å². The maximum Gasteiger partial charge on any atom is 0.150 e. The van der Waals surface area contributed by atoms with Crippen LogP contribution in [0.5, 0.6) is 0 Å². The van der Waals surface area contributed by atoms with Crippen molar-refractivity contribution in [3.8, 4) is 0 Å². The van der Waals surface area contributed by atoms with E-state index in [0.717, 1.165) is 28.3 Å². The van der Waals surface area contributed by atoms with Crippen LogP contribution in [0.1, 0.15) is 21.5 Å². The summed E-state index contributed by atoms with van der Waals surface area (Å²) in [5, 5.41) is 2.31. The van der Waals surface area contributed by atoms with Gasteiger partial charge < -0.3 is 4.98 Å². The van der Waals surface area contributed by atoms with Crippen LogP contribution in [0.2, 0.25) is 0 Å². The first-order valence-electron chi connectivity index (χ1n) is 5.67. The molecule has 0 unspecified atom stereocenters. The smallest absolute Gasteiger partial charge is 0.150 e. The van der Waals surface area contributed by atoms with Crippen molar-refractivity contribution >= 4 is 28.1 Å². The van der Waals surface area contributed by atoms with Crippen LogP contribution in [0.15, 0.2) is 30.3 Å². The molecule has 0 atom stereocenters. The van der Waals surface area contributed by atoms with Crippen LogP contribution < -0.4 is 0 Å². The van der Waals surface area contributed by atoms with Gasteiger partial charge in [0, 0.05) is 27.4 Å². The number of aromatic amines is 1. The molecule has 1 aromatic heterocycles. The summed E-state index contributed by atoms with van der Waals surface area (Å²) in [7, 11) is 0. The fourth-order valence-electron chi connectivity index (χ4n) is 2.25. The number of nitrogens with one attached hydrogen (secondary N) is 1. The van der Waals surface area contributed by atoms with Gasteiger partial charge in [0.2, 0.25) is 0 Å². The van der Waals surface area contributed by atoms with Crippen LogP contribution in [0.4, 0.5) is 0 Å². The van der Waals surface area contributed by atoms with Gasteiger partial charge in [-0.2, -0.15) is 0 Å². The number of hydrogen-bond acceptors (Lipinski definition) is 1. The maximum atomic E-state index is 10.8. The zero-order chi connectivity index (χ0) is 12.0. The summed E-state index contributed by atoms with van der Waals surface area (Å²) in [4.78, 5) is 14.2. The second-order valence-electron chi connectivity index (χ2n) is 4.53. The molecule has 1 heterocycles.